The quantitative estimate of drug-likeness (QED) is 0.289. The van der Waals surface area contributed by atoms with Gasteiger partial charge in [0.25, 0.3) is 0 Å². The number of carboxylic acid groups (broad SMARTS) is 1. The second-order valence-corrected chi connectivity index (χ2v) is 0.523. The van der Waals surface area contributed by atoms with Crippen molar-refractivity contribution in [2.75, 3.05) is 0 Å². The molecular weight excluding hydrogens is 121 g/mol. The van der Waals surface area contributed by atoms with E-state index in [1.165, 1.54) is 0 Å². The summed E-state index contributed by atoms with van der Waals surface area (Å²) >= 11 is 0. The molecule has 0 radical (unpaired) electrons. The van der Waals surface area contributed by atoms with Crippen molar-refractivity contribution in [3.05, 3.63) is 12.7 Å². The summed E-state index contributed by atoms with van der Waals surface area (Å²) < 4.78 is 0. The van der Waals surface area contributed by atoms with Crippen LogP contribution in [-0.2, 0) is 4.79 Å². The van der Waals surface area contributed by atoms with Gasteiger partial charge in [-0.2, -0.15) is 0 Å². The number of carbonyl (C=O) groups is 1. The Hall–Kier alpha value is 0.806. The van der Waals surface area contributed by atoms with Crippen molar-refractivity contribution in [3.63, 3.8) is 0 Å². The minimum Gasteiger partial charge on any atom is -0.545 e. The number of hydrogen-bond acceptors (Lipinski definition) is 3. The molecule has 0 saturated carbocycles. The van der Waals surface area contributed by atoms with Crippen LogP contribution in [0.15, 0.2) is 12.7 Å². The fourth-order valence-electron chi connectivity index (χ4n) is 0. The van der Waals surface area contributed by atoms with Crippen molar-refractivity contribution in [2.24, 2.45) is 0 Å². The molecule has 0 fully saturated rings. The molecule has 0 rings (SSSR count). The molecule has 0 bridgehead atoms. The predicted molar refractivity (Wildman–Crippen MR) is 20.2 cm³/mol. The third-order valence-corrected chi connectivity index (χ3v) is 0.167. The zero-order valence-corrected chi connectivity index (χ0v) is 7.43. The van der Waals surface area contributed by atoms with Crippen LogP contribution in [0.2, 0.25) is 0 Å². The van der Waals surface area contributed by atoms with E-state index in [9.17, 15) is 0 Å². The second-order valence-electron chi connectivity index (χ2n) is 0.523. The molecule has 0 heterocycles. The van der Waals surface area contributed by atoms with Crippen LogP contribution in [0.3, 0.4) is 0 Å². The van der Waals surface area contributed by atoms with Gasteiger partial charge in [-0.3, -0.25) is 0 Å². The van der Waals surface area contributed by atoms with E-state index in [0.717, 1.165) is 6.08 Å². The van der Waals surface area contributed by atoms with Crippen molar-refractivity contribution < 1.29 is 61.3 Å². The van der Waals surface area contributed by atoms with Gasteiger partial charge in [-0.25, -0.2) is 0 Å². The zero-order chi connectivity index (χ0) is 4.28. The standard InChI is InChI=1S/C3H4O2.K.H3N/c1-2-3(4)5;;/h2H,1H2,(H,4,5);;1H3/q;+1;/p-1. The van der Waals surface area contributed by atoms with Gasteiger partial charge in [0, 0.05) is 0 Å². The Morgan fingerprint density at radius 1 is 1.71 bits per heavy atom. The summed E-state index contributed by atoms with van der Waals surface area (Å²) in [6.45, 7) is 2.90. The topological polar surface area (TPSA) is 75.1 Å². The molecule has 0 spiro atoms. The Labute approximate surface area is 84.8 Å². The molecule has 4 heteroatoms. The van der Waals surface area contributed by atoms with E-state index in [1.54, 1.807) is 0 Å². The van der Waals surface area contributed by atoms with Crippen LogP contribution in [-0.4, -0.2) is 5.97 Å². The van der Waals surface area contributed by atoms with E-state index in [0.29, 0.717) is 0 Å². The van der Waals surface area contributed by atoms with E-state index in [-0.39, 0.29) is 57.5 Å². The van der Waals surface area contributed by atoms with Crippen molar-refractivity contribution in [2.45, 2.75) is 0 Å². The maximum atomic E-state index is 9.14. The van der Waals surface area contributed by atoms with Crippen molar-refractivity contribution in [1.29, 1.82) is 0 Å². The SMILES string of the molecule is C=CC(=O)[O-].N.[K+]. The molecule has 0 aliphatic heterocycles. The van der Waals surface area contributed by atoms with Crippen LogP contribution in [0.4, 0.5) is 0 Å². The molecule has 0 amide bonds. The first-order chi connectivity index (χ1) is 2.27. The molecule has 0 atom stereocenters. The van der Waals surface area contributed by atoms with Gasteiger partial charge in [0.05, 0.1) is 5.97 Å². The van der Waals surface area contributed by atoms with E-state index in [4.69, 9.17) is 9.90 Å². The first kappa shape index (κ1) is 15.7. The Bertz CT molecular complexity index is 64.0. The van der Waals surface area contributed by atoms with Crippen molar-refractivity contribution >= 4 is 5.97 Å². The second kappa shape index (κ2) is 9.93. The van der Waals surface area contributed by atoms with Gasteiger partial charge in [-0.15, -0.1) is 0 Å². The van der Waals surface area contributed by atoms with Gasteiger partial charge in [0.1, 0.15) is 0 Å². The Kier molecular flexibility index (Phi) is 22.2. The fourth-order valence-corrected chi connectivity index (χ4v) is 0. The Morgan fingerprint density at radius 2 is 1.86 bits per heavy atom. The number of carboxylic acids is 1. The summed E-state index contributed by atoms with van der Waals surface area (Å²) in [5.41, 5.74) is 0. The van der Waals surface area contributed by atoms with Gasteiger partial charge in [-0.05, 0) is 6.08 Å². The van der Waals surface area contributed by atoms with Crippen LogP contribution >= 0.6 is 0 Å². The molecule has 36 valence electrons. The smallest absolute Gasteiger partial charge is 0.545 e. The fraction of sp³-hybridized carbons (Fsp3) is 0. The molecule has 7 heavy (non-hydrogen) atoms. The van der Waals surface area contributed by atoms with Crippen LogP contribution in [0.25, 0.3) is 0 Å². The van der Waals surface area contributed by atoms with Crippen molar-refractivity contribution in [1.82, 2.24) is 6.15 Å². The average molecular weight is 127 g/mol. The van der Waals surface area contributed by atoms with Gasteiger partial charge in [0.15, 0.2) is 0 Å². The molecule has 3 N–H and O–H groups in total. The molecular formula is C3H6KNO2. The van der Waals surface area contributed by atoms with Gasteiger partial charge in [-0.1, -0.05) is 6.58 Å². The van der Waals surface area contributed by atoms with Crippen LogP contribution < -0.4 is 62.6 Å². The third kappa shape index (κ3) is 20.0. The number of carbonyl (C=O) groups excluding carboxylic acids is 1. The average Bonchev–Trinajstić information content (AvgIpc) is 1.38. The Balaban J connectivity index is -0.0000000800. The van der Waals surface area contributed by atoms with Crippen molar-refractivity contribution in [3.8, 4) is 0 Å². The summed E-state index contributed by atoms with van der Waals surface area (Å²) in [5, 5.41) is 9.14. The molecule has 3 nitrogen and oxygen atoms in total. The van der Waals surface area contributed by atoms with Gasteiger partial charge >= 0.3 is 51.4 Å². The molecule has 0 aliphatic rings. The molecule has 0 saturated heterocycles. The number of rotatable bonds is 1. The predicted octanol–water partition coefficient (Wildman–Crippen LogP) is -3.91. The van der Waals surface area contributed by atoms with E-state index in [1.807, 2.05) is 0 Å². The van der Waals surface area contributed by atoms with Crippen LogP contribution in [0.1, 0.15) is 0 Å². The normalized spacial score (nSPS) is 4.57. The van der Waals surface area contributed by atoms with E-state index in [2.05, 4.69) is 6.58 Å². The monoisotopic (exact) mass is 127 g/mol. The van der Waals surface area contributed by atoms with Gasteiger partial charge in [0.2, 0.25) is 0 Å². The molecule has 0 aliphatic carbocycles. The van der Waals surface area contributed by atoms with Crippen LogP contribution in [0, 0.1) is 0 Å². The largest absolute Gasteiger partial charge is 1.00 e. The molecule has 0 aromatic heterocycles. The summed E-state index contributed by atoms with van der Waals surface area (Å²) in [5.74, 6) is -1.23. The number of aliphatic carboxylic acids is 1. The minimum absolute atomic E-state index is 0. The summed E-state index contributed by atoms with van der Waals surface area (Å²) in [6, 6.07) is 0. The first-order valence-electron chi connectivity index (χ1n) is 1.11. The minimum atomic E-state index is -1.23. The summed E-state index contributed by atoms with van der Waals surface area (Å²) in [7, 11) is 0. The maximum Gasteiger partial charge on any atom is 1.00 e. The first-order valence-corrected chi connectivity index (χ1v) is 1.11. The van der Waals surface area contributed by atoms with Crippen LogP contribution in [0.5, 0.6) is 0 Å². The summed E-state index contributed by atoms with van der Waals surface area (Å²) in [4.78, 5) is 9.14. The van der Waals surface area contributed by atoms with E-state index >= 15 is 0 Å². The summed E-state index contributed by atoms with van der Waals surface area (Å²) in [6.07, 6.45) is 0.722. The maximum absolute atomic E-state index is 9.14. The Morgan fingerprint density at radius 3 is 1.86 bits per heavy atom. The number of hydrogen-bond donors (Lipinski definition) is 1. The third-order valence-electron chi connectivity index (χ3n) is 0.167. The molecule has 0 unspecified atom stereocenters. The zero-order valence-electron chi connectivity index (χ0n) is 4.31. The van der Waals surface area contributed by atoms with Gasteiger partial charge < -0.3 is 16.1 Å². The van der Waals surface area contributed by atoms with E-state index < -0.39 is 5.97 Å². The molecule has 0 aromatic rings. The molecule has 0 aromatic carbocycles.